The molecule has 22 heavy (non-hydrogen) atoms. The summed E-state index contributed by atoms with van der Waals surface area (Å²) in [4.78, 5) is 13.8. The van der Waals surface area contributed by atoms with Gasteiger partial charge in [0.05, 0.1) is 24.6 Å². The molecule has 3 atom stereocenters. The third kappa shape index (κ3) is 4.96. The molecule has 1 unspecified atom stereocenters. The number of sulfone groups is 1. The first-order valence-electron chi connectivity index (χ1n) is 7.45. The first-order valence-corrected chi connectivity index (χ1v) is 9.51. The Balaban J connectivity index is 1.80. The standard InChI is InChI=1S/C14H24N2O5S/c1-3-13-11(4-6-21-13)8-15-14(17)16-5-7-20-12(9-16)10-22(2,18)19/h3,11-13H,1,4-10H2,2H3,(H,15,17)/t11-,12?,13-/m0/s1. The average molecular weight is 332 g/mol. The molecule has 0 aromatic rings. The summed E-state index contributed by atoms with van der Waals surface area (Å²) < 4.78 is 33.6. The monoisotopic (exact) mass is 332 g/mol. The van der Waals surface area contributed by atoms with Crippen LogP contribution in [0.1, 0.15) is 6.42 Å². The van der Waals surface area contributed by atoms with Gasteiger partial charge in [0.25, 0.3) is 0 Å². The minimum atomic E-state index is -3.12. The zero-order valence-corrected chi connectivity index (χ0v) is 13.7. The second kappa shape index (κ2) is 7.43. The molecule has 126 valence electrons. The molecular formula is C14H24N2O5S. The molecule has 0 aromatic carbocycles. The van der Waals surface area contributed by atoms with Gasteiger partial charge in [-0.1, -0.05) is 6.08 Å². The largest absolute Gasteiger partial charge is 0.374 e. The molecular weight excluding hydrogens is 308 g/mol. The highest BCUT2D eigenvalue weighted by Crippen LogP contribution is 2.20. The highest BCUT2D eigenvalue weighted by molar-refractivity contribution is 7.90. The maximum Gasteiger partial charge on any atom is 0.317 e. The van der Waals surface area contributed by atoms with Crippen LogP contribution in [0.5, 0.6) is 0 Å². The second-order valence-electron chi connectivity index (χ2n) is 5.84. The van der Waals surface area contributed by atoms with Gasteiger partial charge in [-0.3, -0.25) is 0 Å². The van der Waals surface area contributed by atoms with Crippen LogP contribution in [-0.2, 0) is 19.3 Å². The first-order chi connectivity index (χ1) is 10.4. The number of hydrogen-bond acceptors (Lipinski definition) is 5. The Morgan fingerprint density at radius 1 is 1.41 bits per heavy atom. The summed E-state index contributed by atoms with van der Waals surface area (Å²) in [7, 11) is -3.12. The summed E-state index contributed by atoms with van der Waals surface area (Å²) in [5, 5.41) is 2.90. The fraction of sp³-hybridized carbons (Fsp3) is 0.786. The number of hydrogen-bond donors (Lipinski definition) is 1. The highest BCUT2D eigenvalue weighted by atomic mass is 32.2. The molecule has 0 saturated carbocycles. The number of carbonyl (C=O) groups excluding carboxylic acids is 1. The van der Waals surface area contributed by atoms with E-state index in [9.17, 15) is 13.2 Å². The van der Waals surface area contributed by atoms with Crippen LogP contribution < -0.4 is 5.32 Å². The van der Waals surface area contributed by atoms with E-state index < -0.39 is 15.9 Å². The van der Waals surface area contributed by atoms with Gasteiger partial charge in [0.2, 0.25) is 0 Å². The summed E-state index contributed by atoms with van der Waals surface area (Å²) in [5.41, 5.74) is 0. The molecule has 0 spiro atoms. The van der Waals surface area contributed by atoms with Gasteiger partial charge in [0, 0.05) is 38.4 Å². The Bertz CT molecular complexity index is 507. The molecule has 0 aliphatic carbocycles. The van der Waals surface area contributed by atoms with Gasteiger partial charge in [-0.2, -0.15) is 0 Å². The lowest BCUT2D eigenvalue weighted by Crippen LogP contribution is -2.52. The maximum absolute atomic E-state index is 12.2. The number of ether oxygens (including phenoxy) is 2. The summed E-state index contributed by atoms with van der Waals surface area (Å²) >= 11 is 0. The van der Waals surface area contributed by atoms with Crippen molar-refractivity contribution in [2.24, 2.45) is 5.92 Å². The van der Waals surface area contributed by atoms with Crippen molar-refractivity contribution in [3.63, 3.8) is 0 Å². The van der Waals surface area contributed by atoms with Crippen LogP contribution >= 0.6 is 0 Å². The van der Waals surface area contributed by atoms with E-state index in [1.807, 2.05) is 0 Å². The van der Waals surface area contributed by atoms with E-state index in [4.69, 9.17) is 9.47 Å². The van der Waals surface area contributed by atoms with Crippen LogP contribution in [0.3, 0.4) is 0 Å². The van der Waals surface area contributed by atoms with E-state index >= 15 is 0 Å². The minimum absolute atomic E-state index is 0.0111. The predicted molar refractivity (Wildman–Crippen MR) is 82.5 cm³/mol. The molecule has 8 heteroatoms. The second-order valence-corrected chi connectivity index (χ2v) is 8.02. The van der Waals surface area contributed by atoms with Gasteiger partial charge in [0.1, 0.15) is 9.84 Å². The fourth-order valence-corrected chi connectivity index (χ4v) is 3.68. The van der Waals surface area contributed by atoms with Gasteiger partial charge >= 0.3 is 6.03 Å². The van der Waals surface area contributed by atoms with Crippen LogP contribution in [-0.4, -0.2) is 76.4 Å². The molecule has 2 rings (SSSR count). The van der Waals surface area contributed by atoms with Crippen LogP contribution in [0.25, 0.3) is 0 Å². The lowest BCUT2D eigenvalue weighted by atomic mass is 10.0. The Kier molecular flexibility index (Phi) is 5.82. The number of nitrogens with one attached hydrogen (secondary N) is 1. The molecule has 2 aliphatic heterocycles. The average Bonchev–Trinajstić information content (AvgIpc) is 2.90. The lowest BCUT2D eigenvalue weighted by molar-refractivity contribution is -0.00184. The Hall–Kier alpha value is -1.12. The van der Waals surface area contributed by atoms with Gasteiger partial charge in [-0.05, 0) is 6.42 Å². The normalized spacial score (nSPS) is 29.3. The Morgan fingerprint density at radius 3 is 2.86 bits per heavy atom. The van der Waals surface area contributed by atoms with Gasteiger partial charge in [-0.25, -0.2) is 13.2 Å². The zero-order valence-electron chi connectivity index (χ0n) is 12.9. The molecule has 0 radical (unpaired) electrons. The van der Waals surface area contributed by atoms with Crippen molar-refractivity contribution in [3.8, 4) is 0 Å². The molecule has 0 aromatic heterocycles. The van der Waals surface area contributed by atoms with Crippen molar-refractivity contribution in [2.75, 3.05) is 44.9 Å². The summed E-state index contributed by atoms with van der Waals surface area (Å²) in [5.74, 6) is 0.181. The van der Waals surface area contributed by atoms with Crippen LogP contribution in [0, 0.1) is 5.92 Å². The molecule has 2 aliphatic rings. The molecule has 7 nitrogen and oxygen atoms in total. The van der Waals surface area contributed by atoms with E-state index in [1.54, 1.807) is 11.0 Å². The highest BCUT2D eigenvalue weighted by Gasteiger charge is 2.29. The van der Waals surface area contributed by atoms with Crippen LogP contribution in [0.2, 0.25) is 0 Å². The summed E-state index contributed by atoms with van der Waals surface area (Å²) in [6.45, 7) is 6.07. The van der Waals surface area contributed by atoms with Crippen LogP contribution in [0.4, 0.5) is 4.79 Å². The van der Waals surface area contributed by atoms with E-state index in [1.165, 1.54) is 6.26 Å². The predicted octanol–water partition coefficient (Wildman–Crippen LogP) is 0.0325. The Labute approximate surface area is 131 Å². The fourth-order valence-electron chi connectivity index (χ4n) is 2.81. The van der Waals surface area contributed by atoms with Gasteiger partial charge < -0.3 is 19.7 Å². The van der Waals surface area contributed by atoms with Crippen molar-refractivity contribution in [1.29, 1.82) is 0 Å². The summed E-state index contributed by atoms with van der Waals surface area (Å²) in [6.07, 6.45) is 3.37. The maximum atomic E-state index is 12.2. The van der Waals surface area contributed by atoms with Crippen molar-refractivity contribution in [1.82, 2.24) is 10.2 Å². The first kappa shape index (κ1) is 17.2. The van der Waals surface area contributed by atoms with E-state index in [2.05, 4.69) is 11.9 Å². The van der Waals surface area contributed by atoms with E-state index in [0.717, 1.165) is 6.42 Å². The molecule has 0 bridgehead atoms. The lowest BCUT2D eigenvalue weighted by Gasteiger charge is -2.33. The molecule has 2 amide bonds. The van der Waals surface area contributed by atoms with Gasteiger partial charge in [-0.15, -0.1) is 6.58 Å². The third-order valence-corrected chi connectivity index (χ3v) is 4.90. The van der Waals surface area contributed by atoms with E-state index in [0.29, 0.717) is 32.8 Å². The number of morpholine rings is 1. The zero-order chi connectivity index (χ0) is 16.2. The molecule has 2 fully saturated rings. The smallest absolute Gasteiger partial charge is 0.317 e. The number of amides is 2. The SMILES string of the molecule is C=C[C@@H]1OCC[C@H]1CNC(=O)N1CCOC(CS(C)(=O)=O)C1. The number of rotatable bonds is 5. The summed E-state index contributed by atoms with van der Waals surface area (Å²) in [6, 6.07) is -0.184. The van der Waals surface area contributed by atoms with Crippen molar-refractivity contribution in [2.45, 2.75) is 18.6 Å². The Morgan fingerprint density at radius 2 is 2.18 bits per heavy atom. The van der Waals surface area contributed by atoms with E-state index in [-0.39, 0.29) is 23.8 Å². The molecule has 2 saturated heterocycles. The minimum Gasteiger partial charge on any atom is -0.374 e. The molecule has 2 heterocycles. The molecule has 1 N–H and O–H groups in total. The third-order valence-electron chi connectivity index (χ3n) is 3.93. The number of urea groups is 1. The van der Waals surface area contributed by atoms with Crippen molar-refractivity contribution < 1.29 is 22.7 Å². The van der Waals surface area contributed by atoms with Gasteiger partial charge in [0.15, 0.2) is 0 Å². The van der Waals surface area contributed by atoms with Crippen molar-refractivity contribution >= 4 is 15.9 Å². The van der Waals surface area contributed by atoms with Crippen molar-refractivity contribution in [3.05, 3.63) is 12.7 Å². The number of nitrogens with zero attached hydrogens (tertiary/aromatic N) is 1. The number of carbonyl (C=O) groups is 1. The van der Waals surface area contributed by atoms with Crippen LogP contribution in [0.15, 0.2) is 12.7 Å². The quantitative estimate of drug-likeness (QED) is 0.718. The topological polar surface area (TPSA) is 84.9 Å².